The van der Waals surface area contributed by atoms with Crippen LogP contribution < -0.4 is 11.7 Å². The minimum Gasteiger partial charge on any atom is -0.358 e. The van der Waals surface area contributed by atoms with Gasteiger partial charge in [-0.25, -0.2) is 9.97 Å². The van der Waals surface area contributed by atoms with Crippen molar-refractivity contribution >= 4 is 33.4 Å². The van der Waals surface area contributed by atoms with E-state index < -0.39 is 0 Å². The Morgan fingerprint density at radius 1 is 0.743 bits per heavy atom. The fourth-order valence-electron chi connectivity index (χ4n) is 4.39. The summed E-state index contributed by atoms with van der Waals surface area (Å²) >= 11 is 6.11. The molecule has 4 heterocycles. The molecule has 0 bridgehead atoms. The smallest absolute Gasteiger partial charge is 0.116 e. The van der Waals surface area contributed by atoms with Crippen LogP contribution in [0.25, 0.3) is 55.6 Å². The standard InChI is InChI=1S/C27H18ClN5.H4N2/c1-16-4-9-20-19(10-13-30-24(20)17-5-7-18(28)8-6-17)23(16)25-21(3-2-12-29-25)26-27-22(11-14-31-27)32-15-33-26;1-2/h2-15,31H,1H3;1-2H2. The summed E-state index contributed by atoms with van der Waals surface area (Å²) in [5, 5.41) is 2.85. The number of aromatic amines is 1. The Morgan fingerprint density at radius 2 is 1.54 bits per heavy atom. The Morgan fingerprint density at radius 3 is 2.37 bits per heavy atom. The molecule has 0 radical (unpaired) electrons. The zero-order chi connectivity index (χ0) is 24.4. The molecule has 4 aromatic heterocycles. The fraction of sp³-hybridized carbons (Fsp3) is 0.0370. The van der Waals surface area contributed by atoms with Crippen LogP contribution in [0.5, 0.6) is 0 Å². The Kier molecular flexibility index (Phi) is 6.20. The van der Waals surface area contributed by atoms with Gasteiger partial charge in [-0.3, -0.25) is 21.7 Å². The number of fused-ring (bicyclic) bond motifs is 2. The van der Waals surface area contributed by atoms with Gasteiger partial charge in [0.1, 0.15) is 6.33 Å². The summed E-state index contributed by atoms with van der Waals surface area (Å²) in [6.07, 6.45) is 7.16. The van der Waals surface area contributed by atoms with Crippen LogP contribution >= 0.6 is 11.6 Å². The molecule has 0 aliphatic rings. The maximum Gasteiger partial charge on any atom is 0.116 e. The maximum absolute atomic E-state index is 6.11. The van der Waals surface area contributed by atoms with E-state index in [1.165, 1.54) is 0 Å². The Bertz CT molecular complexity index is 1640. The van der Waals surface area contributed by atoms with Gasteiger partial charge >= 0.3 is 0 Å². The summed E-state index contributed by atoms with van der Waals surface area (Å²) in [6.45, 7) is 2.11. The highest BCUT2D eigenvalue weighted by atomic mass is 35.5. The number of hydrogen-bond donors (Lipinski definition) is 3. The van der Waals surface area contributed by atoms with Crippen LogP contribution in [-0.2, 0) is 0 Å². The van der Waals surface area contributed by atoms with E-state index in [4.69, 9.17) is 21.6 Å². The lowest BCUT2D eigenvalue weighted by Gasteiger charge is -2.15. The summed E-state index contributed by atoms with van der Waals surface area (Å²) in [5.41, 5.74) is 8.56. The average molecular weight is 480 g/mol. The first-order chi connectivity index (χ1) is 17.2. The number of pyridine rings is 2. The van der Waals surface area contributed by atoms with E-state index in [0.717, 1.165) is 61.1 Å². The van der Waals surface area contributed by atoms with Gasteiger partial charge in [-0.05, 0) is 54.3 Å². The summed E-state index contributed by atoms with van der Waals surface area (Å²) in [4.78, 5) is 21.8. The second-order valence-corrected chi connectivity index (χ2v) is 8.32. The van der Waals surface area contributed by atoms with Crippen LogP contribution in [0.4, 0.5) is 0 Å². The number of rotatable bonds is 3. The number of nitrogens with two attached hydrogens (primary N) is 2. The van der Waals surface area contributed by atoms with E-state index in [1.807, 2.05) is 55.0 Å². The molecule has 7 nitrogen and oxygen atoms in total. The Hall–Kier alpha value is -4.17. The van der Waals surface area contributed by atoms with Crippen molar-refractivity contribution in [2.45, 2.75) is 6.92 Å². The molecule has 0 amide bonds. The monoisotopic (exact) mass is 479 g/mol. The lowest BCUT2D eigenvalue weighted by Crippen LogP contribution is -2.02. The van der Waals surface area contributed by atoms with Crippen molar-refractivity contribution in [3.8, 4) is 33.8 Å². The Balaban J connectivity index is 0.00000124. The highest BCUT2D eigenvalue weighted by molar-refractivity contribution is 6.30. The summed E-state index contributed by atoms with van der Waals surface area (Å²) in [5.74, 6) is 8.00. The fourth-order valence-corrected chi connectivity index (χ4v) is 4.51. The highest BCUT2D eigenvalue weighted by Gasteiger charge is 2.18. The molecule has 0 fully saturated rings. The number of hydrogen-bond acceptors (Lipinski definition) is 6. The predicted octanol–water partition coefficient (Wildman–Crippen LogP) is 5.68. The molecule has 6 aromatic rings. The van der Waals surface area contributed by atoms with E-state index in [1.54, 1.807) is 6.33 Å². The number of nitrogens with zero attached hydrogens (tertiary/aromatic N) is 4. The second-order valence-electron chi connectivity index (χ2n) is 7.88. The molecule has 0 aliphatic carbocycles. The van der Waals surface area contributed by atoms with E-state index in [2.05, 4.69) is 57.8 Å². The van der Waals surface area contributed by atoms with E-state index >= 15 is 0 Å². The zero-order valence-corrected chi connectivity index (χ0v) is 19.7. The van der Waals surface area contributed by atoms with Gasteiger partial charge in [-0.1, -0.05) is 35.9 Å². The molecule has 0 atom stereocenters. The molecule has 6 rings (SSSR count). The molecule has 0 saturated heterocycles. The van der Waals surface area contributed by atoms with Gasteiger partial charge in [0, 0.05) is 45.7 Å². The van der Waals surface area contributed by atoms with Gasteiger partial charge in [0.05, 0.1) is 28.1 Å². The van der Waals surface area contributed by atoms with Crippen LogP contribution in [0.1, 0.15) is 5.56 Å². The number of aromatic nitrogens is 5. The number of nitrogens with one attached hydrogen (secondary N) is 1. The quantitative estimate of drug-likeness (QED) is 0.222. The molecule has 8 heteroatoms. The Labute approximate surface area is 206 Å². The van der Waals surface area contributed by atoms with Crippen LogP contribution in [0, 0.1) is 6.92 Å². The molecule has 35 heavy (non-hydrogen) atoms. The number of hydrazine groups is 1. The molecule has 2 aromatic carbocycles. The van der Waals surface area contributed by atoms with Crippen molar-refractivity contribution in [3.05, 3.63) is 96.2 Å². The zero-order valence-electron chi connectivity index (χ0n) is 18.9. The number of benzene rings is 2. The van der Waals surface area contributed by atoms with Crippen LogP contribution in [-0.4, -0.2) is 24.9 Å². The van der Waals surface area contributed by atoms with Crippen LogP contribution in [0.2, 0.25) is 5.02 Å². The molecule has 172 valence electrons. The normalized spacial score (nSPS) is 10.9. The first kappa shape index (κ1) is 22.6. The third kappa shape index (κ3) is 4.02. The predicted molar refractivity (Wildman–Crippen MR) is 141 cm³/mol. The maximum atomic E-state index is 6.11. The first-order valence-corrected chi connectivity index (χ1v) is 11.3. The molecule has 0 unspecified atom stereocenters. The third-order valence-corrected chi connectivity index (χ3v) is 6.17. The van der Waals surface area contributed by atoms with E-state index in [9.17, 15) is 0 Å². The van der Waals surface area contributed by atoms with Crippen LogP contribution in [0.15, 0.2) is 85.6 Å². The number of aryl methyl sites for hydroxylation is 1. The SMILES string of the molecule is Cc1ccc2c(-c3ccc(Cl)cc3)nccc2c1-c1ncccc1-c1ncnc2cc[nH]c12.NN. The van der Waals surface area contributed by atoms with Gasteiger partial charge < -0.3 is 4.98 Å². The molecule has 5 N–H and O–H groups in total. The van der Waals surface area contributed by atoms with Crippen molar-refractivity contribution in [2.24, 2.45) is 11.7 Å². The number of H-pyrrole nitrogens is 1. The molecule has 0 saturated carbocycles. The van der Waals surface area contributed by atoms with E-state index in [0.29, 0.717) is 5.02 Å². The van der Waals surface area contributed by atoms with Gasteiger partial charge in [0.25, 0.3) is 0 Å². The lowest BCUT2D eigenvalue weighted by molar-refractivity contribution is 1.21. The molecule has 0 aliphatic heterocycles. The number of halogens is 1. The minimum atomic E-state index is 0.703. The van der Waals surface area contributed by atoms with Gasteiger partial charge in [0.15, 0.2) is 0 Å². The second kappa shape index (κ2) is 9.60. The van der Waals surface area contributed by atoms with Gasteiger partial charge in [-0.2, -0.15) is 0 Å². The topological polar surface area (TPSA) is 119 Å². The third-order valence-electron chi connectivity index (χ3n) is 5.92. The average Bonchev–Trinajstić information content (AvgIpc) is 3.39. The van der Waals surface area contributed by atoms with Crippen molar-refractivity contribution in [1.29, 1.82) is 0 Å². The highest BCUT2D eigenvalue weighted by Crippen LogP contribution is 2.39. The lowest BCUT2D eigenvalue weighted by atomic mass is 9.92. The van der Waals surface area contributed by atoms with Crippen molar-refractivity contribution in [2.75, 3.05) is 0 Å². The van der Waals surface area contributed by atoms with Crippen molar-refractivity contribution in [1.82, 2.24) is 24.9 Å². The molecular formula is C27H22ClN7. The van der Waals surface area contributed by atoms with Gasteiger partial charge in [0.2, 0.25) is 0 Å². The summed E-state index contributed by atoms with van der Waals surface area (Å²) < 4.78 is 0. The van der Waals surface area contributed by atoms with Crippen molar-refractivity contribution < 1.29 is 0 Å². The minimum absolute atomic E-state index is 0.703. The molecular weight excluding hydrogens is 458 g/mol. The van der Waals surface area contributed by atoms with Crippen LogP contribution in [0.3, 0.4) is 0 Å². The van der Waals surface area contributed by atoms with E-state index in [-0.39, 0.29) is 0 Å². The summed E-state index contributed by atoms with van der Waals surface area (Å²) in [7, 11) is 0. The van der Waals surface area contributed by atoms with Crippen molar-refractivity contribution in [3.63, 3.8) is 0 Å². The first-order valence-electron chi connectivity index (χ1n) is 10.9. The van der Waals surface area contributed by atoms with Gasteiger partial charge in [-0.15, -0.1) is 0 Å². The summed E-state index contributed by atoms with van der Waals surface area (Å²) in [6, 6.07) is 20.0. The molecule has 0 spiro atoms. The largest absolute Gasteiger partial charge is 0.358 e.